The van der Waals surface area contributed by atoms with Gasteiger partial charge in [-0.05, 0) is 49.6 Å². The lowest BCUT2D eigenvalue weighted by Crippen LogP contribution is -2.68. The van der Waals surface area contributed by atoms with Crippen LogP contribution in [0.5, 0.6) is 5.75 Å². The summed E-state index contributed by atoms with van der Waals surface area (Å²) in [6.45, 7) is 2.50. The average Bonchev–Trinajstić information content (AvgIpc) is 2.93. The molecule has 0 bridgehead atoms. The van der Waals surface area contributed by atoms with Crippen molar-refractivity contribution in [2.45, 2.75) is 43.3 Å². The lowest BCUT2D eigenvalue weighted by atomic mass is 9.71. The van der Waals surface area contributed by atoms with Crippen LogP contribution < -0.4 is 15.8 Å². The first-order valence-corrected chi connectivity index (χ1v) is 9.73. The molecular formula is C21H23FN4O3. The fraction of sp³-hybridized carbons (Fsp3) is 0.429. The molecule has 152 valence electrons. The lowest BCUT2D eigenvalue weighted by molar-refractivity contribution is -0.178. The Morgan fingerprint density at radius 3 is 2.93 bits per heavy atom. The lowest BCUT2D eigenvalue weighted by Gasteiger charge is -2.52. The first-order chi connectivity index (χ1) is 13.9. The third-order valence-corrected chi connectivity index (χ3v) is 6.32. The first kappa shape index (κ1) is 18.5. The number of aromatic nitrogens is 1. The minimum Gasteiger partial charge on any atom is -0.484 e. The Labute approximate surface area is 168 Å². The van der Waals surface area contributed by atoms with Gasteiger partial charge in [-0.2, -0.15) is 4.39 Å². The summed E-state index contributed by atoms with van der Waals surface area (Å²) in [5, 5.41) is 3.28. The monoisotopic (exact) mass is 398 g/mol. The number of nitrogens with two attached hydrogens (primary N) is 1. The number of likely N-dealkylation sites (N-methyl/N-ethyl adjacent to an activating group) is 1. The molecule has 1 unspecified atom stereocenters. The highest BCUT2D eigenvalue weighted by atomic mass is 19.1. The van der Waals surface area contributed by atoms with E-state index in [0.29, 0.717) is 29.0 Å². The summed E-state index contributed by atoms with van der Waals surface area (Å²) in [7, 11) is 1.66. The molecular weight excluding hydrogens is 375 g/mol. The van der Waals surface area contributed by atoms with Gasteiger partial charge >= 0.3 is 0 Å². The first-order valence-electron chi connectivity index (χ1n) is 9.73. The van der Waals surface area contributed by atoms with Gasteiger partial charge in [0.05, 0.1) is 0 Å². The molecule has 2 fully saturated rings. The van der Waals surface area contributed by atoms with Gasteiger partial charge in [-0.25, -0.2) is 4.98 Å². The number of benzene rings is 1. The third-order valence-electron chi connectivity index (χ3n) is 6.32. The number of amides is 1. The molecule has 7 nitrogen and oxygen atoms in total. The summed E-state index contributed by atoms with van der Waals surface area (Å²) >= 11 is 0. The SMILES string of the molecule is CN1C(=O)[C@]2(NC1N)c1cc(-c3cccnc3F)ccc1O[C@]1(C)CCCO[C@H]12. The Morgan fingerprint density at radius 2 is 2.21 bits per heavy atom. The number of fused-ring (bicyclic) bond motifs is 4. The molecule has 5 rings (SSSR count). The molecule has 3 aliphatic rings. The smallest absolute Gasteiger partial charge is 0.252 e. The third kappa shape index (κ3) is 2.46. The van der Waals surface area contributed by atoms with Gasteiger partial charge < -0.3 is 14.4 Å². The fourth-order valence-electron chi connectivity index (χ4n) is 4.88. The second-order valence-corrected chi connectivity index (χ2v) is 8.14. The second kappa shape index (κ2) is 6.22. The fourth-order valence-corrected chi connectivity index (χ4v) is 4.88. The topological polar surface area (TPSA) is 89.7 Å². The highest BCUT2D eigenvalue weighted by Gasteiger charge is 2.66. The Bertz CT molecular complexity index is 1000. The molecule has 1 spiro atoms. The van der Waals surface area contributed by atoms with Gasteiger partial charge in [0.15, 0.2) is 5.54 Å². The van der Waals surface area contributed by atoms with Gasteiger partial charge in [0.2, 0.25) is 5.95 Å². The van der Waals surface area contributed by atoms with Crippen molar-refractivity contribution in [1.29, 1.82) is 0 Å². The quantitative estimate of drug-likeness (QED) is 0.711. The maximum Gasteiger partial charge on any atom is 0.252 e. The van der Waals surface area contributed by atoms with Crippen LogP contribution in [0.3, 0.4) is 0 Å². The zero-order valence-electron chi connectivity index (χ0n) is 16.3. The van der Waals surface area contributed by atoms with Crippen molar-refractivity contribution in [3.8, 4) is 16.9 Å². The van der Waals surface area contributed by atoms with E-state index in [1.54, 1.807) is 37.4 Å². The zero-order valence-corrected chi connectivity index (χ0v) is 16.3. The molecule has 3 N–H and O–H groups in total. The van der Waals surface area contributed by atoms with Crippen molar-refractivity contribution in [1.82, 2.24) is 15.2 Å². The minimum absolute atomic E-state index is 0.184. The molecule has 1 aromatic carbocycles. The van der Waals surface area contributed by atoms with Crippen LogP contribution in [-0.2, 0) is 15.1 Å². The van der Waals surface area contributed by atoms with Crippen LogP contribution in [-0.4, -0.2) is 47.4 Å². The average molecular weight is 398 g/mol. The van der Waals surface area contributed by atoms with Crippen molar-refractivity contribution in [3.63, 3.8) is 0 Å². The van der Waals surface area contributed by atoms with Crippen molar-refractivity contribution >= 4 is 5.91 Å². The predicted molar refractivity (Wildman–Crippen MR) is 103 cm³/mol. The van der Waals surface area contributed by atoms with E-state index in [1.165, 1.54) is 11.1 Å². The second-order valence-electron chi connectivity index (χ2n) is 8.14. The van der Waals surface area contributed by atoms with E-state index in [0.717, 1.165) is 12.8 Å². The molecule has 4 heterocycles. The van der Waals surface area contributed by atoms with Crippen LogP contribution >= 0.6 is 0 Å². The Balaban J connectivity index is 1.74. The number of hydrogen-bond donors (Lipinski definition) is 2. The number of ether oxygens (including phenoxy) is 2. The minimum atomic E-state index is -1.20. The van der Waals surface area contributed by atoms with E-state index in [-0.39, 0.29) is 5.91 Å². The molecule has 8 heteroatoms. The molecule has 2 aromatic rings. The summed E-state index contributed by atoms with van der Waals surface area (Å²) in [6.07, 6.45) is 1.77. The van der Waals surface area contributed by atoms with Crippen LogP contribution in [0.15, 0.2) is 36.5 Å². The summed E-state index contributed by atoms with van der Waals surface area (Å²) in [5.74, 6) is -0.182. The number of carbonyl (C=O) groups excluding carboxylic acids is 1. The van der Waals surface area contributed by atoms with Crippen LogP contribution in [0.25, 0.3) is 11.1 Å². The molecule has 2 saturated heterocycles. The predicted octanol–water partition coefficient (Wildman–Crippen LogP) is 1.72. The summed E-state index contributed by atoms with van der Waals surface area (Å²) in [6, 6.07) is 8.68. The molecule has 1 amide bonds. The highest BCUT2D eigenvalue weighted by Crippen LogP contribution is 2.51. The standard InChI is InChI=1S/C21H23FN4O3/c1-20-8-4-10-28-17(20)21(18(27)26(2)19(23)25-21)14-11-12(6-7-15(14)29-20)13-5-3-9-24-16(13)22/h3,5-7,9,11,17,19,25H,4,8,10,23H2,1-2H3/t17-,19?,20-,21+/m1/s1. The van der Waals surface area contributed by atoms with Crippen LogP contribution in [0.1, 0.15) is 25.3 Å². The van der Waals surface area contributed by atoms with E-state index in [2.05, 4.69) is 10.3 Å². The van der Waals surface area contributed by atoms with Gasteiger partial charge in [0, 0.05) is 31.0 Å². The normalized spacial score (nSPS) is 33.4. The van der Waals surface area contributed by atoms with Crippen LogP contribution in [0.2, 0.25) is 0 Å². The van der Waals surface area contributed by atoms with E-state index < -0.39 is 29.5 Å². The van der Waals surface area contributed by atoms with Crippen LogP contribution in [0, 0.1) is 5.95 Å². The summed E-state index contributed by atoms with van der Waals surface area (Å²) in [4.78, 5) is 18.7. The van der Waals surface area contributed by atoms with Crippen molar-refractivity contribution in [2.24, 2.45) is 5.73 Å². The van der Waals surface area contributed by atoms with Gasteiger partial charge in [0.25, 0.3) is 5.91 Å². The van der Waals surface area contributed by atoms with Crippen molar-refractivity contribution in [2.75, 3.05) is 13.7 Å². The van der Waals surface area contributed by atoms with Crippen molar-refractivity contribution in [3.05, 3.63) is 48.0 Å². The highest BCUT2D eigenvalue weighted by molar-refractivity contribution is 5.93. The molecule has 4 atom stereocenters. The zero-order chi connectivity index (χ0) is 20.4. The maximum absolute atomic E-state index is 14.3. The largest absolute Gasteiger partial charge is 0.484 e. The number of nitrogens with one attached hydrogen (secondary N) is 1. The molecule has 29 heavy (non-hydrogen) atoms. The molecule has 0 aliphatic carbocycles. The van der Waals surface area contributed by atoms with Gasteiger partial charge in [-0.3, -0.25) is 15.8 Å². The maximum atomic E-state index is 14.3. The number of rotatable bonds is 1. The van der Waals surface area contributed by atoms with Gasteiger partial charge in [-0.1, -0.05) is 6.07 Å². The number of halogens is 1. The number of pyridine rings is 1. The Kier molecular flexibility index (Phi) is 3.96. The molecule has 1 aromatic heterocycles. The molecule has 0 saturated carbocycles. The Hall–Kier alpha value is -2.55. The Morgan fingerprint density at radius 1 is 1.38 bits per heavy atom. The summed E-state index contributed by atoms with van der Waals surface area (Å²) < 4.78 is 26.8. The van der Waals surface area contributed by atoms with E-state index >= 15 is 0 Å². The summed E-state index contributed by atoms with van der Waals surface area (Å²) in [5.41, 5.74) is 5.88. The van der Waals surface area contributed by atoms with E-state index in [4.69, 9.17) is 15.2 Å². The molecule has 3 aliphatic heterocycles. The van der Waals surface area contributed by atoms with Gasteiger partial charge in [0.1, 0.15) is 23.7 Å². The van der Waals surface area contributed by atoms with Crippen LogP contribution in [0.4, 0.5) is 4.39 Å². The number of carbonyl (C=O) groups is 1. The van der Waals surface area contributed by atoms with E-state index in [9.17, 15) is 9.18 Å². The number of hydrogen-bond acceptors (Lipinski definition) is 6. The van der Waals surface area contributed by atoms with Crippen molar-refractivity contribution < 1.29 is 18.7 Å². The van der Waals surface area contributed by atoms with Gasteiger partial charge in [-0.15, -0.1) is 0 Å². The van der Waals surface area contributed by atoms with E-state index in [1.807, 2.05) is 6.92 Å². The number of nitrogens with zero attached hydrogens (tertiary/aromatic N) is 2. The molecule has 0 radical (unpaired) electrons.